The summed E-state index contributed by atoms with van der Waals surface area (Å²) in [5.74, 6) is -2.28. The lowest BCUT2D eigenvalue weighted by molar-refractivity contribution is -0.162. The summed E-state index contributed by atoms with van der Waals surface area (Å²) in [7, 11) is 0. The molecule has 0 spiro atoms. The number of benzene rings is 2. The first-order chi connectivity index (χ1) is 14.4. The molecule has 2 N–H and O–H groups in total. The van der Waals surface area contributed by atoms with E-state index in [9.17, 15) is 41.0 Å². The summed E-state index contributed by atoms with van der Waals surface area (Å²) in [6.45, 7) is -0.403. The zero-order chi connectivity index (χ0) is 23.0. The van der Waals surface area contributed by atoms with Crippen molar-refractivity contribution in [2.75, 3.05) is 5.32 Å². The van der Waals surface area contributed by atoms with E-state index >= 15 is 0 Å². The summed E-state index contributed by atoms with van der Waals surface area (Å²) in [6, 6.07) is 5.14. The highest BCUT2D eigenvalue weighted by atomic mass is 19.4. The van der Waals surface area contributed by atoms with Gasteiger partial charge < -0.3 is 15.2 Å². The van der Waals surface area contributed by atoms with Crippen LogP contribution in [0.2, 0.25) is 0 Å². The second-order valence-electron chi connectivity index (χ2n) is 6.94. The molecule has 0 atom stereocenters. The van der Waals surface area contributed by atoms with E-state index in [0.29, 0.717) is 12.8 Å². The van der Waals surface area contributed by atoms with Gasteiger partial charge in [-0.05, 0) is 48.7 Å². The monoisotopic (exact) mass is 447 g/mol. The molecule has 166 valence electrons. The van der Waals surface area contributed by atoms with Gasteiger partial charge in [0.2, 0.25) is 5.91 Å². The second-order valence-corrected chi connectivity index (χ2v) is 6.94. The third-order valence-corrected chi connectivity index (χ3v) is 4.53. The SMILES string of the molecule is O=C(O)c1cc(COc2ccc(C(F)(F)F)c(C(F)(F)F)c2)ccc1NC(=O)C1CC1. The molecule has 0 unspecified atom stereocenters. The molecule has 1 amide bonds. The molecule has 3 rings (SSSR count). The Balaban J connectivity index is 1.79. The maximum absolute atomic E-state index is 13.0. The lowest BCUT2D eigenvalue weighted by Gasteiger charge is -2.17. The number of halogens is 6. The lowest BCUT2D eigenvalue weighted by Crippen LogP contribution is -2.17. The number of aromatic carboxylic acids is 1. The van der Waals surface area contributed by atoms with Crippen LogP contribution in [0.4, 0.5) is 32.0 Å². The molecular formula is C20H15F6NO4. The largest absolute Gasteiger partial charge is 0.489 e. The molecular weight excluding hydrogens is 432 g/mol. The first kappa shape index (κ1) is 22.4. The Bertz CT molecular complexity index is 1010. The van der Waals surface area contributed by atoms with Gasteiger partial charge in [0.15, 0.2) is 0 Å². The number of carboxylic acid groups (broad SMARTS) is 1. The third kappa shape index (κ3) is 5.47. The van der Waals surface area contributed by atoms with E-state index in [-0.39, 0.29) is 40.8 Å². The van der Waals surface area contributed by atoms with Crippen LogP contribution in [0, 0.1) is 5.92 Å². The number of carbonyl (C=O) groups is 2. The molecule has 2 aromatic carbocycles. The number of carboxylic acids is 1. The molecule has 0 saturated heterocycles. The minimum atomic E-state index is -5.25. The summed E-state index contributed by atoms with van der Waals surface area (Å²) in [5.41, 5.74) is -3.69. The first-order valence-corrected chi connectivity index (χ1v) is 8.94. The predicted octanol–water partition coefficient (Wildman–Crippen LogP) is 5.35. The second kappa shape index (κ2) is 8.12. The minimum absolute atomic E-state index is 0.0574. The van der Waals surface area contributed by atoms with Crippen LogP contribution in [0.15, 0.2) is 36.4 Å². The van der Waals surface area contributed by atoms with Crippen molar-refractivity contribution in [3.05, 3.63) is 58.7 Å². The number of hydrogen-bond donors (Lipinski definition) is 2. The Labute approximate surface area is 171 Å². The highest BCUT2D eigenvalue weighted by Gasteiger charge is 2.43. The standard InChI is InChI=1S/C20H15F6NO4/c21-19(22,23)14-5-4-12(8-15(14)20(24,25)26)31-9-10-1-6-16(13(7-10)18(29)30)27-17(28)11-2-3-11/h1,4-8,11H,2-3,9H2,(H,27,28)(H,29,30). The van der Waals surface area contributed by atoms with E-state index in [2.05, 4.69) is 5.32 Å². The van der Waals surface area contributed by atoms with Crippen LogP contribution < -0.4 is 10.1 Å². The molecule has 1 fully saturated rings. The van der Waals surface area contributed by atoms with Gasteiger partial charge in [-0.25, -0.2) is 4.79 Å². The highest BCUT2D eigenvalue weighted by molar-refractivity contribution is 6.01. The summed E-state index contributed by atoms with van der Waals surface area (Å²) in [4.78, 5) is 23.3. The molecule has 0 heterocycles. The molecule has 0 aromatic heterocycles. The molecule has 0 aliphatic heterocycles. The van der Waals surface area contributed by atoms with E-state index in [4.69, 9.17) is 4.74 Å². The molecule has 5 nitrogen and oxygen atoms in total. The van der Waals surface area contributed by atoms with Gasteiger partial charge in [0, 0.05) is 5.92 Å². The average molecular weight is 447 g/mol. The van der Waals surface area contributed by atoms with Crippen LogP contribution in [0.25, 0.3) is 0 Å². The fraction of sp³-hybridized carbons (Fsp3) is 0.300. The van der Waals surface area contributed by atoms with Crippen LogP contribution in [0.3, 0.4) is 0 Å². The minimum Gasteiger partial charge on any atom is -0.489 e. The van der Waals surface area contributed by atoms with E-state index in [1.54, 1.807) is 0 Å². The topological polar surface area (TPSA) is 75.6 Å². The third-order valence-electron chi connectivity index (χ3n) is 4.53. The fourth-order valence-electron chi connectivity index (χ4n) is 2.81. The first-order valence-electron chi connectivity index (χ1n) is 8.94. The molecule has 11 heteroatoms. The number of nitrogens with one attached hydrogen (secondary N) is 1. The molecule has 2 aromatic rings. The highest BCUT2D eigenvalue weighted by Crippen LogP contribution is 2.41. The van der Waals surface area contributed by atoms with Crippen molar-refractivity contribution in [1.82, 2.24) is 0 Å². The number of carbonyl (C=O) groups excluding carboxylic acids is 1. The maximum atomic E-state index is 13.0. The quantitative estimate of drug-likeness (QED) is 0.586. The zero-order valence-corrected chi connectivity index (χ0v) is 15.6. The summed E-state index contributed by atoms with van der Waals surface area (Å²) >= 11 is 0. The van der Waals surface area contributed by atoms with Gasteiger partial charge in [-0.1, -0.05) is 6.07 Å². The van der Waals surface area contributed by atoms with Gasteiger partial charge in [-0.2, -0.15) is 26.3 Å². The molecule has 1 saturated carbocycles. The van der Waals surface area contributed by atoms with Crippen LogP contribution in [-0.2, 0) is 23.8 Å². The summed E-state index contributed by atoms with van der Waals surface area (Å²) in [5, 5.41) is 11.9. The average Bonchev–Trinajstić information content (AvgIpc) is 3.50. The predicted molar refractivity (Wildman–Crippen MR) is 95.5 cm³/mol. The van der Waals surface area contributed by atoms with Gasteiger partial charge in [0.05, 0.1) is 22.4 Å². The van der Waals surface area contributed by atoms with Gasteiger partial charge in [0.1, 0.15) is 12.4 Å². The Hall–Kier alpha value is -3.24. The Morgan fingerprint density at radius 1 is 0.968 bits per heavy atom. The fourth-order valence-corrected chi connectivity index (χ4v) is 2.81. The van der Waals surface area contributed by atoms with Gasteiger partial charge in [-0.15, -0.1) is 0 Å². The Morgan fingerprint density at radius 3 is 2.16 bits per heavy atom. The van der Waals surface area contributed by atoms with E-state index < -0.39 is 41.8 Å². The Morgan fingerprint density at radius 2 is 1.61 bits per heavy atom. The van der Waals surface area contributed by atoms with Crippen LogP contribution in [-0.4, -0.2) is 17.0 Å². The number of amides is 1. The normalized spacial score (nSPS) is 14.3. The lowest BCUT2D eigenvalue weighted by atomic mass is 10.1. The molecule has 0 radical (unpaired) electrons. The number of alkyl halides is 6. The van der Waals surface area contributed by atoms with Crippen molar-refractivity contribution >= 4 is 17.6 Å². The van der Waals surface area contributed by atoms with Gasteiger partial charge in [-0.3, -0.25) is 4.79 Å². The number of anilines is 1. The van der Waals surface area contributed by atoms with Gasteiger partial charge in [0.25, 0.3) is 0 Å². The van der Waals surface area contributed by atoms with Gasteiger partial charge >= 0.3 is 18.3 Å². The van der Waals surface area contributed by atoms with Crippen molar-refractivity contribution in [3.8, 4) is 5.75 Å². The van der Waals surface area contributed by atoms with E-state index in [1.165, 1.54) is 18.2 Å². The summed E-state index contributed by atoms with van der Waals surface area (Å²) in [6.07, 6.45) is -9.01. The zero-order valence-electron chi connectivity index (χ0n) is 15.6. The van der Waals surface area contributed by atoms with Crippen molar-refractivity contribution in [3.63, 3.8) is 0 Å². The van der Waals surface area contributed by atoms with Crippen molar-refractivity contribution in [2.45, 2.75) is 31.8 Å². The smallest absolute Gasteiger partial charge is 0.417 e. The summed E-state index contributed by atoms with van der Waals surface area (Å²) < 4.78 is 82.7. The van der Waals surface area contributed by atoms with Crippen molar-refractivity contribution < 1.29 is 45.8 Å². The molecule has 31 heavy (non-hydrogen) atoms. The number of rotatable bonds is 6. The van der Waals surface area contributed by atoms with Crippen LogP contribution in [0.5, 0.6) is 5.75 Å². The van der Waals surface area contributed by atoms with Crippen LogP contribution >= 0.6 is 0 Å². The molecule has 1 aliphatic carbocycles. The number of ether oxygens (including phenoxy) is 1. The number of hydrogen-bond acceptors (Lipinski definition) is 3. The van der Waals surface area contributed by atoms with Crippen molar-refractivity contribution in [2.24, 2.45) is 5.92 Å². The molecule has 0 bridgehead atoms. The van der Waals surface area contributed by atoms with Crippen molar-refractivity contribution in [1.29, 1.82) is 0 Å². The molecule has 1 aliphatic rings. The van der Waals surface area contributed by atoms with E-state index in [0.717, 1.165) is 6.07 Å². The maximum Gasteiger partial charge on any atom is 0.417 e. The van der Waals surface area contributed by atoms with Crippen LogP contribution in [0.1, 0.15) is 39.9 Å². The Kier molecular flexibility index (Phi) is 5.88. The van der Waals surface area contributed by atoms with E-state index in [1.807, 2.05) is 0 Å².